The van der Waals surface area contributed by atoms with Crippen molar-refractivity contribution in [1.29, 1.82) is 0 Å². The third kappa shape index (κ3) is 4.23. The van der Waals surface area contributed by atoms with Gasteiger partial charge in [0.25, 0.3) is 0 Å². The van der Waals surface area contributed by atoms with Crippen molar-refractivity contribution in [3.63, 3.8) is 0 Å². The Balaban J connectivity index is 1.75. The van der Waals surface area contributed by atoms with Crippen molar-refractivity contribution in [2.24, 2.45) is 0 Å². The van der Waals surface area contributed by atoms with Gasteiger partial charge in [-0.2, -0.15) is 0 Å². The van der Waals surface area contributed by atoms with Gasteiger partial charge in [0.2, 0.25) is 0 Å². The molecule has 2 rings (SSSR count). The zero-order valence-electron chi connectivity index (χ0n) is 12.4. The van der Waals surface area contributed by atoms with E-state index in [4.69, 9.17) is 4.74 Å². The van der Waals surface area contributed by atoms with Crippen LogP contribution < -0.4 is 0 Å². The van der Waals surface area contributed by atoms with Gasteiger partial charge in [0.15, 0.2) is 0 Å². The van der Waals surface area contributed by atoms with Crippen LogP contribution in [0.4, 0.5) is 4.79 Å². The van der Waals surface area contributed by atoms with Crippen LogP contribution >= 0.6 is 0 Å². The monoisotopic (exact) mass is 276 g/mol. The largest absolute Gasteiger partial charge is 0.445 e. The average Bonchev–Trinajstić information content (AvgIpc) is 2.98. The van der Waals surface area contributed by atoms with Crippen LogP contribution in [0.25, 0.3) is 0 Å². The summed E-state index contributed by atoms with van der Waals surface area (Å²) in [6.45, 7) is 5.63. The summed E-state index contributed by atoms with van der Waals surface area (Å²) in [5, 5.41) is 0. The number of rotatable bonds is 5. The quantitative estimate of drug-likeness (QED) is 0.829. The second kappa shape index (κ2) is 7.29. The number of amides is 1. The van der Waals surface area contributed by atoms with Gasteiger partial charge in [0, 0.05) is 19.6 Å². The van der Waals surface area contributed by atoms with Crippen molar-refractivity contribution < 1.29 is 9.53 Å². The Morgan fingerprint density at radius 2 is 1.95 bits per heavy atom. The minimum atomic E-state index is -0.249. The number of hydrogen-bond acceptors (Lipinski definition) is 3. The zero-order chi connectivity index (χ0) is 14.4. The van der Waals surface area contributed by atoms with Crippen molar-refractivity contribution in [1.82, 2.24) is 9.80 Å². The summed E-state index contributed by atoms with van der Waals surface area (Å²) in [4.78, 5) is 16.1. The maximum absolute atomic E-state index is 12.0. The molecule has 110 valence electrons. The fraction of sp³-hybridized carbons (Fsp3) is 0.562. The van der Waals surface area contributed by atoms with Gasteiger partial charge in [0.1, 0.15) is 6.61 Å². The van der Waals surface area contributed by atoms with E-state index in [2.05, 4.69) is 11.8 Å². The summed E-state index contributed by atoms with van der Waals surface area (Å²) in [5.41, 5.74) is 1.02. The van der Waals surface area contributed by atoms with Gasteiger partial charge in [-0.05, 0) is 38.4 Å². The molecule has 1 aromatic carbocycles. The average molecular weight is 276 g/mol. The predicted molar refractivity (Wildman–Crippen MR) is 79.5 cm³/mol. The maximum Gasteiger partial charge on any atom is 0.410 e. The van der Waals surface area contributed by atoms with Crippen LogP contribution in [-0.2, 0) is 11.3 Å². The summed E-state index contributed by atoms with van der Waals surface area (Å²) in [6.07, 6.45) is 2.30. The van der Waals surface area contributed by atoms with Gasteiger partial charge >= 0.3 is 6.09 Å². The lowest BCUT2D eigenvalue weighted by Crippen LogP contribution is -2.42. The SMILES string of the molecule is C[C@@H](CN1CCCC1)N(C)C(=O)OCc1ccccc1. The first-order valence-electron chi connectivity index (χ1n) is 7.32. The molecule has 20 heavy (non-hydrogen) atoms. The molecular formula is C16H24N2O2. The van der Waals surface area contributed by atoms with Crippen LogP contribution in [0, 0.1) is 0 Å². The van der Waals surface area contributed by atoms with Crippen LogP contribution in [0.1, 0.15) is 25.3 Å². The van der Waals surface area contributed by atoms with Crippen LogP contribution in [0.2, 0.25) is 0 Å². The van der Waals surface area contributed by atoms with E-state index in [1.165, 1.54) is 12.8 Å². The molecule has 4 heteroatoms. The molecule has 0 aliphatic carbocycles. The van der Waals surface area contributed by atoms with E-state index in [1.807, 2.05) is 37.4 Å². The highest BCUT2D eigenvalue weighted by Gasteiger charge is 2.21. The standard InChI is InChI=1S/C16H24N2O2/c1-14(12-18-10-6-7-11-18)17(2)16(19)20-13-15-8-4-3-5-9-15/h3-5,8-9,14H,6-7,10-13H2,1-2H3/t14-/m0/s1. The number of likely N-dealkylation sites (N-methyl/N-ethyl adjacent to an activating group) is 1. The first kappa shape index (κ1) is 14.9. The summed E-state index contributed by atoms with van der Waals surface area (Å²) in [5.74, 6) is 0. The molecule has 1 amide bonds. The summed E-state index contributed by atoms with van der Waals surface area (Å²) < 4.78 is 5.34. The number of likely N-dealkylation sites (tertiary alicyclic amines) is 1. The maximum atomic E-state index is 12.0. The normalized spacial score (nSPS) is 16.9. The highest BCUT2D eigenvalue weighted by Crippen LogP contribution is 2.11. The molecule has 0 N–H and O–H groups in total. The van der Waals surface area contributed by atoms with E-state index >= 15 is 0 Å². The number of carbonyl (C=O) groups excluding carboxylic acids is 1. The van der Waals surface area contributed by atoms with E-state index < -0.39 is 0 Å². The second-order valence-corrected chi connectivity index (χ2v) is 5.51. The van der Waals surface area contributed by atoms with Crippen molar-refractivity contribution in [3.05, 3.63) is 35.9 Å². The smallest absolute Gasteiger partial charge is 0.410 e. The molecule has 0 aromatic heterocycles. The Morgan fingerprint density at radius 3 is 2.60 bits per heavy atom. The zero-order valence-corrected chi connectivity index (χ0v) is 12.4. The number of nitrogens with zero attached hydrogens (tertiary/aromatic N) is 2. The van der Waals surface area contributed by atoms with Crippen LogP contribution in [0.3, 0.4) is 0 Å². The van der Waals surface area contributed by atoms with Crippen LogP contribution in [-0.4, -0.2) is 48.6 Å². The first-order chi connectivity index (χ1) is 9.66. The van der Waals surface area contributed by atoms with Crippen molar-refractivity contribution >= 4 is 6.09 Å². The highest BCUT2D eigenvalue weighted by atomic mass is 16.6. The van der Waals surface area contributed by atoms with E-state index in [0.29, 0.717) is 6.61 Å². The molecule has 1 fully saturated rings. The first-order valence-corrected chi connectivity index (χ1v) is 7.32. The van der Waals surface area contributed by atoms with E-state index in [-0.39, 0.29) is 12.1 Å². The van der Waals surface area contributed by atoms with Gasteiger partial charge in [-0.3, -0.25) is 0 Å². The van der Waals surface area contributed by atoms with Crippen molar-refractivity contribution in [3.8, 4) is 0 Å². The topological polar surface area (TPSA) is 32.8 Å². The molecule has 1 atom stereocenters. The third-order valence-electron chi connectivity index (χ3n) is 3.88. The Hall–Kier alpha value is -1.55. The Labute approximate surface area is 121 Å². The number of benzene rings is 1. The van der Waals surface area contributed by atoms with Crippen LogP contribution in [0.15, 0.2) is 30.3 Å². The van der Waals surface area contributed by atoms with Crippen molar-refractivity contribution in [2.45, 2.75) is 32.4 Å². The summed E-state index contributed by atoms with van der Waals surface area (Å²) >= 11 is 0. The fourth-order valence-corrected chi connectivity index (χ4v) is 2.46. The van der Waals surface area contributed by atoms with Gasteiger partial charge in [-0.25, -0.2) is 4.79 Å². The van der Waals surface area contributed by atoms with Crippen molar-refractivity contribution in [2.75, 3.05) is 26.7 Å². The number of carbonyl (C=O) groups is 1. The van der Waals surface area contributed by atoms with E-state index in [0.717, 1.165) is 25.2 Å². The lowest BCUT2D eigenvalue weighted by molar-refractivity contribution is 0.0870. The molecule has 0 radical (unpaired) electrons. The third-order valence-corrected chi connectivity index (χ3v) is 3.88. The molecule has 0 unspecified atom stereocenters. The van der Waals surface area contributed by atoms with Gasteiger partial charge in [-0.15, -0.1) is 0 Å². The number of ether oxygens (including phenoxy) is 1. The van der Waals surface area contributed by atoms with Gasteiger partial charge in [0.05, 0.1) is 0 Å². The minimum absolute atomic E-state index is 0.177. The predicted octanol–water partition coefficient (Wildman–Crippen LogP) is 2.74. The molecule has 4 nitrogen and oxygen atoms in total. The van der Waals surface area contributed by atoms with Gasteiger partial charge < -0.3 is 14.5 Å². The van der Waals surface area contributed by atoms with Gasteiger partial charge in [-0.1, -0.05) is 30.3 Å². The lowest BCUT2D eigenvalue weighted by Gasteiger charge is -2.28. The lowest BCUT2D eigenvalue weighted by atomic mass is 10.2. The molecule has 1 aliphatic rings. The molecule has 1 heterocycles. The Morgan fingerprint density at radius 1 is 1.30 bits per heavy atom. The van der Waals surface area contributed by atoms with E-state index in [1.54, 1.807) is 4.90 Å². The summed E-state index contributed by atoms with van der Waals surface area (Å²) in [6, 6.07) is 9.94. The fourth-order valence-electron chi connectivity index (χ4n) is 2.46. The Bertz CT molecular complexity index is 416. The number of hydrogen-bond donors (Lipinski definition) is 0. The van der Waals surface area contributed by atoms with E-state index in [9.17, 15) is 4.79 Å². The molecule has 1 aliphatic heterocycles. The Kier molecular flexibility index (Phi) is 5.41. The second-order valence-electron chi connectivity index (χ2n) is 5.51. The molecule has 1 saturated heterocycles. The highest BCUT2D eigenvalue weighted by molar-refractivity contribution is 5.67. The molecular weight excluding hydrogens is 252 g/mol. The molecule has 0 bridgehead atoms. The summed E-state index contributed by atoms with van der Waals surface area (Å²) in [7, 11) is 1.81. The molecule has 0 saturated carbocycles. The molecule has 1 aromatic rings. The minimum Gasteiger partial charge on any atom is -0.445 e. The van der Waals surface area contributed by atoms with Crippen LogP contribution in [0.5, 0.6) is 0 Å². The molecule has 0 spiro atoms.